The molecule has 0 aromatic carbocycles. The SMILES string of the molecule is CCC(=O)c1ccc(-n2ccnc2C)cn1. The minimum atomic E-state index is 0.0638. The zero-order valence-electron chi connectivity index (χ0n) is 9.34. The van der Waals surface area contributed by atoms with Gasteiger partial charge in [0.2, 0.25) is 0 Å². The fourth-order valence-corrected chi connectivity index (χ4v) is 1.53. The first kappa shape index (κ1) is 10.5. The fraction of sp³-hybridized carbons (Fsp3) is 0.250. The third kappa shape index (κ3) is 1.86. The zero-order chi connectivity index (χ0) is 11.5. The van der Waals surface area contributed by atoms with Crippen molar-refractivity contribution in [3.63, 3.8) is 0 Å². The molecule has 4 nitrogen and oxygen atoms in total. The minimum Gasteiger partial charge on any atom is -0.302 e. The highest BCUT2D eigenvalue weighted by molar-refractivity contribution is 5.93. The average molecular weight is 215 g/mol. The Bertz CT molecular complexity index is 499. The zero-order valence-corrected chi connectivity index (χ0v) is 9.34. The summed E-state index contributed by atoms with van der Waals surface area (Å²) < 4.78 is 1.92. The lowest BCUT2D eigenvalue weighted by Gasteiger charge is -2.04. The maximum Gasteiger partial charge on any atom is 0.180 e. The lowest BCUT2D eigenvalue weighted by Crippen LogP contribution is -2.02. The Morgan fingerprint density at radius 2 is 2.19 bits per heavy atom. The Morgan fingerprint density at radius 1 is 1.38 bits per heavy atom. The van der Waals surface area contributed by atoms with E-state index in [9.17, 15) is 4.79 Å². The molecule has 2 aromatic rings. The van der Waals surface area contributed by atoms with E-state index in [0.717, 1.165) is 11.5 Å². The number of imidazole rings is 1. The van der Waals surface area contributed by atoms with Gasteiger partial charge in [0.25, 0.3) is 0 Å². The Morgan fingerprint density at radius 3 is 2.69 bits per heavy atom. The summed E-state index contributed by atoms with van der Waals surface area (Å²) in [5.74, 6) is 0.963. The predicted octanol–water partition coefficient (Wildman–Crippen LogP) is 2.17. The summed E-state index contributed by atoms with van der Waals surface area (Å²) in [6.07, 6.45) is 5.78. The molecule has 0 N–H and O–H groups in total. The van der Waals surface area contributed by atoms with Crippen LogP contribution in [0.3, 0.4) is 0 Å². The van der Waals surface area contributed by atoms with Crippen molar-refractivity contribution in [2.45, 2.75) is 20.3 Å². The van der Waals surface area contributed by atoms with Gasteiger partial charge in [-0.1, -0.05) is 6.92 Å². The number of rotatable bonds is 3. The quantitative estimate of drug-likeness (QED) is 0.737. The van der Waals surface area contributed by atoms with Crippen LogP contribution in [-0.4, -0.2) is 20.3 Å². The molecular formula is C12H13N3O. The van der Waals surface area contributed by atoms with E-state index in [0.29, 0.717) is 12.1 Å². The van der Waals surface area contributed by atoms with E-state index in [1.54, 1.807) is 18.5 Å². The van der Waals surface area contributed by atoms with Crippen molar-refractivity contribution in [2.75, 3.05) is 0 Å². The molecule has 0 fully saturated rings. The summed E-state index contributed by atoms with van der Waals surface area (Å²) >= 11 is 0. The van der Waals surface area contributed by atoms with E-state index in [4.69, 9.17) is 0 Å². The molecule has 0 bridgehead atoms. The van der Waals surface area contributed by atoms with E-state index in [-0.39, 0.29) is 5.78 Å². The number of carbonyl (C=O) groups excluding carboxylic acids is 1. The first-order valence-corrected chi connectivity index (χ1v) is 5.22. The molecule has 0 amide bonds. The van der Waals surface area contributed by atoms with Crippen LogP contribution in [0.2, 0.25) is 0 Å². The molecule has 0 radical (unpaired) electrons. The number of Topliss-reactive ketones (excluding diaryl/α,β-unsaturated/α-hetero) is 1. The molecule has 0 unspecified atom stereocenters. The highest BCUT2D eigenvalue weighted by Crippen LogP contribution is 2.10. The predicted molar refractivity (Wildman–Crippen MR) is 60.7 cm³/mol. The van der Waals surface area contributed by atoms with Crippen molar-refractivity contribution in [3.05, 3.63) is 42.2 Å². The summed E-state index contributed by atoms with van der Waals surface area (Å²) in [4.78, 5) is 19.7. The van der Waals surface area contributed by atoms with Gasteiger partial charge in [-0.3, -0.25) is 9.78 Å². The van der Waals surface area contributed by atoms with Gasteiger partial charge in [-0.25, -0.2) is 4.98 Å². The van der Waals surface area contributed by atoms with Gasteiger partial charge >= 0.3 is 0 Å². The van der Waals surface area contributed by atoms with Gasteiger partial charge in [0.1, 0.15) is 11.5 Å². The second-order valence-corrected chi connectivity index (χ2v) is 3.52. The Balaban J connectivity index is 2.33. The number of aryl methyl sites for hydroxylation is 1. The smallest absolute Gasteiger partial charge is 0.180 e. The molecular weight excluding hydrogens is 202 g/mol. The first-order valence-electron chi connectivity index (χ1n) is 5.22. The summed E-state index contributed by atoms with van der Waals surface area (Å²) in [6, 6.07) is 3.63. The second kappa shape index (κ2) is 4.26. The number of pyridine rings is 1. The van der Waals surface area contributed by atoms with Crippen molar-refractivity contribution in [1.29, 1.82) is 0 Å². The highest BCUT2D eigenvalue weighted by Gasteiger charge is 2.05. The molecule has 0 aliphatic heterocycles. The molecule has 0 atom stereocenters. The standard InChI is InChI=1S/C12H13N3O/c1-3-12(16)11-5-4-10(8-14-11)15-7-6-13-9(15)2/h4-8H,3H2,1-2H3. The monoisotopic (exact) mass is 215 g/mol. The van der Waals surface area contributed by atoms with E-state index >= 15 is 0 Å². The van der Waals surface area contributed by atoms with Crippen molar-refractivity contribution >= 4 is 5.78 Å². The minimum absolute atomic E-state index is 0.0638. The van der Waals surface area contributed by atoms with Gasteiger partial charge in [0.05, 0.1) is 11.9 Å². The molecule has 0 aliphatic rings. The first-order chi connectivity index (χ1) is 7.72. The van der Waals surface area contributed by atoms with Crippen LogP contribution >= 0.6 is 0 Å². The third-order valence-corrected chi connectivity index (χ3v) is 2.46. The molecule has 0 aliphatic carbocycles. The Hall–Kier alpha value is -1.97. The molecule has 0 spiro atoms. The van der Waals surface area contributed by atoms with Crippen LogP contribution in [0.4, 0.5) is 0 Å². The van der Waals surface area contributed by atoms with Gasteiger partial charge in [-0.15, -0.1) is 0 Å². The third-order valence-electron chi connectivity index (χ3n) is 2.46. The molecule has 2 aromatic heterocycles. The van der Waals surface area contributed by atoms with Gasteiger partial charge in [0, 0.05) is 18.8 Å². The van der Waals surface area contributed by atoms with Crippen LogP contribution in [0.25, 0.3) is 5.69 Å². The van der Waals surface area contributed by atoms with Crippen molar-refractivity contribution in [2.24, 2.45) is 0 Å². The normalized spacial score (nSPS) is 10.4. The maximum absolute atomic E-state index is 11.4. The van der Waals surface area contributed by atoms with Crippen LogP contribution in [0.1, 0.15) is 29.7 Å². The van der Waals surface area contributed by atoms with Crippen LogP contribution in [0.15, 0.2) is 30.7 Å². The molecule has 82 valence electrons. The van der Waals surface area contributed by atoms with Crippen molar-refractivity contribution in [3.8, 4) is 5.69 Å². The number of ketones is 1. The summed E-state index contributed by atoms with van der Waals surface area (Å²) in [5.41, 5.74) is 1.44. The molecule has 0 saturated carbocycles. The molecule has 0 saturated heterocycles. The summed E-state index contributed by atoms with van der Waals surface area (Å²) in [5, 5.41) is 0. The van der Waals surface area contributed by atoms with Crippen LogP contribution in [0, 0.1) is 6.92 Å². The van der Waals surface area contributed by atoms with E-state index in [1.165, 1.54) is 0 Å². The molecule has 2 heterocycles. The van der Waals surface area contributed by atoms with Gasteiger partial charge < -0.3 is 4.57 Å². The van der Waals surface area contributed by atoms with E-state index in [2.05, 4.69) is 9.97 Å². The van der Waals surface area contributed by atoms with Gasteiger partial charge in [0.15, 0.2) is 5.78 Å². The highest BCUT2D eigenvalue weighted by atomic mass is 16.1. The number of carbonyl (C=O) groups is 1. The topological polar surface area (TPSA) is 47.8 Å². The van der Waals surface area contributed by atoms with E-state index < -0.39 is 0 Å². The molecule has 4 heteroatoms. The Labute approximate surface area is 94.0 Å². The Kier molecular flexibility index (Phi) is 2.81. The van der Waals surface area contributed by atoms with Crippen molar-refractivity contribution < 1.29 is 4.79 Å². The number of aromatic nitrogens is 3. The van der Waals surface area contributed by atoms with E-state index in [1.807, 2.05) is 30.7 Å². The lowest BCUT2D eigenvalue weighted by molar-refractivity contribution is 0.0983. The maximum atomic E-state index is 11.4. The molecule has 16 heavy (non-hydrogen) atoms. The van der Waals surface area contributed by atoms with Crippen molar-refractivity contribution in [1.82, 2.24) is 14.5 Å². The van der Waals surface area contributed by atoms with Gasteiger partial charge in [-0.05, 0) is 19.1 Å². The largest absolute Gasteiger partial charge is 0.302 e. The van der Waals surface area contributed by atoms with Crippen LogP contribution in [-0.2, 0) is 0 Å². The number of hydrogen-bond acceptors (Lipinski definition) is 3. The lowest BCUT2D eigenvalue weighted by atomic mass is 10.2. The fourth-order valence-electron chi connectivity index (χ4n) is 1.53. The average Bonchev–Trinajstić information content (AvgIpc) is 2.75. The summed E-state index contributed by atoms with van der Waals surface area (Å²) in [7, 11) is 0. The second-order valence-electron chi connectivity index (χ2n) is 3.52. The van der Waals surface area contributed by atoms with Crippen LogP contribution < -0.4 is 0 Å². The summed E-state index contributed by atoms with van der Waals surface area (Å²) in [6.45, 7) is 3.75. The van der Waals surface area contributed by atoms with Gasteiger partial charge in [-0.2, -0.15) is 0 Å². The van der Waals surface area contributed by atoms with Crippen LogP contribution in [0.5, 0.6) is 0 Å². The molecule has 2 rings (SSSR count). The number of nitrogens with zero attached hydrogens (tertiary/aromatic N) is 3. The number of hydrogen-bond donors (Lipinski definition) is 0.